The average molecular weight is 242 g/mol. The topological polar surface area (TPSA) is 89.3 Å². The second kappa shape index (κ2) is 4.98. The number of amides is 1. The van der Waals surface area contributed by atoms with Crippen LogP contribution in [0.4, 0.5) is 5.69 Å². The fraction of sp³-hybridized carbons (Fsp3) is 0.300. The average Bonchev–Trinajstić information content (AvgIpc) is 2.16. The van der Waals surface area contributed by atoms with Gasteiger partial charge < -0.3 is 11.1 Å². The molecule has 1 aromatic rings. The number of nitrogens with two attached hydrogens (primary N) is 1. The van der Waals surface area contributed by atoms with Crippen molar-refractivity contribution in [3.05, 3.63) is 29.8 Å². The summed E-state index contributed by atoms with van der Waals surface area (Å²) in [6.45, 7) is 0.113. The van der Waals surface area contributed by atoms with Crippen molar-refractivity contribution in [3.63, 3.8) is 0 Å². The summed E-state index contributed by atoms with van der Waals surface area (Å²) in [5, 5.41) is 2.52. The van der Waals surface area contributed by atoms with Crippen molar-refractivity contribution in [2.24, 2.45) is 0 Å². The zero-order valence-electron chi connectivity index (χ0n) is 8.93. The predicted molar refractivity (Wildman–Crippen MR) is 62.9 cm³/mol. The van der Waals surface area contributed by atoms with Crippen LogP contribution in [0.15, 0.2) is 24.3 Å². The van der Waals surface area contributed by atoms with Gasteiger partial charge in [0, 0.05) is 24.1 Å². The molecular weight excluding hydrogens is 228 g/mol. The highest BCUT2D eigenvalue weighted by Crippen LogP contribution is 2.04. The Balaban J connectivity index is 2.50. The minimum atomic E-state index is -3.04. The monoisotopic (exact) mass is 242 g/mol. The maximum Gasteiger partial charge on any atom is 0.251 e. The molecule has 1 amide bonds. The van der Waals surface area contributed by atoms with Gasteiger partial charge in [0.05, 0.1) is 5.75 Å². The number of rotatable bonds is 4. The van der Waals surface area contributed by atoms with Crippen LogP contribution in [0.1, 0.15) is 10.4 Å². The number of sulfone groups is 1. The molecule has 0 aliphatic carbocycles. The number of anilines is 1. The second-order valence-electron chi connectivity index (χ2n) is 3.51. The van der Waals surface area contributed by atoms with Gasteiger partial charge in [-0.25, -0.2) is 8.42 Å². The van der Waals surface area contributed by atoms with Crippen molar-refractivity contribution >= 4 is 21.4 Å². The Bertz CT molecular complexity index is 465. The Kier molecular flexibility index (Phi) is 3.89. The third-order valence-corrected chi connectivity index (χ3v) is 2.88. The Labute approximate surface area is 94.6 Å². The molecule has 3 N–H and O–H groups in total. The normalized spacial score (nSPS) is 11.1. The summed E-state index contributed by atoms with van der Waals surface area (Å²) in [6.07, 6.45) is 1.13. The number of carbonyl (C=O) groups is 1. The molecule has 0 spiro atoms. The minimum absolute atomic E-state index is 0.0618. The van der Waals surface area contributed by atoms with Gasteiger partial charge in [0.2, 0.25) is 0 Å². The van der Waals surface area contributed by atoms with Gasteiger partial charge >= 0.3 is 0 Å². The smallest absolute Gasteiger partial charge is 0.251 e. The van der Waals surface area contributed by atoms with Crippen LogP contribution in [0.2, 0.25) is 0 Å². The minimum Gasteiger partial charge on any atom is -0.399 e. The highest BCUT2D eigenvalue weighted by Gasteiger charge is 2.06. The van der Waals surface area contributed by atoms with E-state index in [1.54, 1.807) is 24.3 Å². The van der Waals surface area contributed by atoms with Crippen molar-refractivity contribution < 1.29 is 13.2 Å². The first-order chi connectivity index (χ1) is 7.38. The third kappa shape index (κ3) is 4.31. The van der Waals surface area contributed by atoms with Crippen LogP contribution in [0.3, 0.4) is 0 Å². The molecule has 0 radical (unpaired) electrons. The van der Waals surface area contributed by atoms with Gasteiger partial charge in [0.1, 0.15) is 9.84 Å². The van der Waals surface area contributed by atoms with Crippen molar-refractivity contribution in [2.75, 3.05) is 24.3 Å². The lowest BCUT2D eigenvalue weighted by molar-refractivity contribution is 0.0956. The first-order valence-corrected chi connectivity index (χ1v) is 6.76. The molecule has 5 nitrogen and oxygen atoms in total. The summed E-state index contributed by atoms with van der Waals surface area (Å²) in [5.74, 6) is -0.364. The van der Waals surface area contributed by atoms with Gasteiger partial charge in [-0.2, -0.15) is 0 Å². The Morgan fingerprint density at radius 3 is 2.38 bits per heavy atom. The van der Waals surface area contributed by atoms with E-state index in [1.807, 2.05) is 0 Å². The fourth-order valence-electron chi connectivity index (χ4n) is 1.09. The molecule has 0 unspecified atom stereocenters. The molecule has 16 heavy (non-hydrogen) atoms. The van der Waals surface area contributed by atoms with E-state index in [1.165, 1.54) is 0 Å². The summed E-state index contributed by atoms with van der Waals surface area (Å²) in [4.78, 5) is 11.5. The van der Waals surface area contributed by atoms with E-state index in [9.17, 15) is 13.2 Å². The van der Waals surface area contributed by atoms with E-state index in [0.717, 1.165) is 6.26 Å². The van der Waals surface area contributed by atoms with Gasteiger partial charge in [-0.05, 0) is 24.3 Å². The lowest BCUT2D eigenvalue weighted by atomic mass is 10.2. The van der Waals surface area contributed by atoms with Gasteiger partial charge in [0.25, 0.3) is 5.91 Å². The number of carbonyl (C=O) groups excluding carboxylic acids is 1. The molecule has 88 valence electrons. The molecule has 1 aromatic carbocycles. The SMILES string of the molecule is CS(=O)(=O)CCNC(=O)c1ccc(N)cc1. The van der Waals surface area contributed by atoms with Crippen LogP contribution in [0.25, 0.3) is 0 Å². The molecule has 1 rings (SSSR count). The van der Waals surface area contributed by atoms with Crippen LogP contribution in [0.5, 0.6) is 0 Å². The molecular formula is C10H14N2O3S. The van der Waals surface area contributed by atoms with Crippen molar-refractivity contribution in [3.8, 4) is 0 Å². The van der Waals surface area contributed by atoms with Gasteiger partial charge in [-0.15, -0.1) is 0 Å². The van der Waals surface area contributed by atoms with Gasteiger partial charge in [-0.3, -0.25) is 4.79 Å². The van der Waals surface area contributed by atoms with Crippen LogP contribution in [-0.4, -0.2) is 32.9 Å². The van der Waals surface area contributed by atoms with Gasteiger partial charge in [0.15, 0.2) is 0 Å². The second-order valence-corrected chi connectivity index (χ2v) is 5.77. The molecule has 0 bridgehead atoms. The van der Waals surface area contributed by atoms with Crippen LogP contribution >= 0.6 is 0 Å². The van der Waals surface area contributed by atoms with Crippen LogP contribution in [-0.2, 0) is 9.84 Å². The summed E-state index contributed by atoms with van der Waals surface area (Å²) < 4.78 is 21.7. The maximum atomic E-state index is 11.5. The number of nitrogen functional groups attached to an aromatic ring is 1. The summed E-state index contributed by atoms with van der Waals surface area (Å²) in [7, 11) is -3.04. The summed E-state index contributed by atoms with van der Waals surface area (Å²) in [6, 6.07) is 6.41. The zero-order chi connectivity index (χ0) is 12.2. The molecule has 0 saturated carbocycles. The molecule has 6 heteroatoms. The van der Waals surface area contributed by atoms with E-state index in [-0.39, 0.29) is 18.2 Å². The maximum absolute atomic E-state index is 11.5. The number of nitrogens with one attached hydrogen (secondary N) is 1. The lowest BCUT2D eigenvalue weighted by Gasteiger charge is -2.04. The lowest BCUT2D eigenvalue weighted by Crippen LogP contribution is -2.28. The molecule has 0 aliphatic rings. The predicted octanol–water partition coefficient (Wildman–Crippen LogP) is 0.0432. The summed E-state index contributed by atoms with van der Waals surface area (Å²) >= 11 is 0. The quantitative estimate of drug-likeness (QED) is 0.730. The highest BCUT2D eigenvalue weighted by atomic mass is 32.2. The Hall–Kier alpha value is -1.56. The molecule has 0 heterocycles. The van der Waals surface area contributed by atoms with E-state index < -0.39 is 9.84 Å². The Morgan fingerprint density at radius 1 is 1.31 bits per heavy atom. The van der Waals surface area contributed by atoms with E-state index in [0.29, 0.717) is 11.3 Å². The molecule has 0 aliphatic heterocycles. The van der Waals surface area contributed by atoms with Crippen molar-refractivity contribution in [1.29, 1.82) is 0 Å². The number of hydrogen-bond acceptors (Lipinski definition) is 4. The summed E-state index contributed by atoms with van der Waals surface area (Å²) in [5.41, 5.74) is 6.51. The standard InChI is InChI=1S/C10H14N2O3S/c1-16(14,15)7-6-12-10(13)8-2-4-9(11)5-3-8/h2-5H,6-7,11H2,1H3,(H,12,13). The van der Waals surface area contributed by atoms with Crippen LogP contribution < -0.4 is 11.1 Å². The molecule has 0 fully saturated rings. The van der Waals surface area contributed by atoms with Crippen molar-refractivity contribution in [1.82, 2.24) is 5.32 Å². The molecule has 0 atom stereocenters. The van der Waals surface area contributed by atoms with E-state index in [4.69, 9.17) is 5.73 Å². The van der Waals surface area contributed by atoms with Gasteiger partial charge in [-0.1, -0.05) is 0 Å². The molecule has 0 saturated heterocycles. The highest BCUT2D eigenvalue weighted by molar-refractivity contribution is 7.90. The number of hydrogen-bond donors (Lipinski definition) is 2. The van der Waals surface area contributed by atoms with E-state index >= 15 is 0 Å². The fourth-order valence-corrected chi connectivity index (χ4v) is 1.56. The Morgan fingerprint density at radius 2 is 1.88 bits per heavy atom. The van der Waals surface area contributed by atoms with E-state index in [2.05, 4.69) is 5.32 Å². The first-order valence-electron chi connectivity index (χ1n) is 4.70. The molecule has 0 aromatic heterocycles. The first kappa shape index (κ1) is 12.5. The zero-order valence-corrected chi connectivity index (χ0v) is 9.75. The number of benzene rings is 1. The van der Waals surface area contributed by atoms with Crippen LogP contribution in [0, 0.1) is 0 Å². The third-order valence-electron chi connectivity index (χ3n) is 1.93. The van der Waals surface area contributed by atoms with Crippen molar-refractivity contribution in [2.45, 2.75) is 0 Å². The largest absolute Gasteiger partial charge is 0.399 e.